The smallest absolute Gasteiger partial charge is 0.0140 e. The highest BCUT2D eigenvalue weighted by molar-refractivity contribution is 8.00. The number of hydrogen-bond donors (Lipinski definition) is 1. The molecule has 3 atom stereocenters. The summed E-state index contributed by atoms with van der Waals surface area (Å²) in [6, 6.07) is 21.7. The minimum absolute atomic E-state index is 0.636. The maximum atomic E-state index is 6.02. The van der Waals surface area contributed by atoms with Gasteiger partial charge in [-0.1, -0.05) is 48.5 Å². The van der Waals surface area contributed by atoms with Gasteiger partial charge in [0.1, 0.15) is 0 Å². The van der Waals surface area contributed by atoms with E-state index in [-0.39, 0.29) is 0 Å². The van der Waals surface area contributed by atoms with Gasteiger partial charge in [0.05, 0.1) is 0 Å². The zero-order chi connectivity index (χ0) is 14.5. The van der Waals surface area contributed by atoms with Gasteiger partial charge in [-0.05, 0) is 55.3 Å². The molecule has 0 bridgehead atoms. The summed E-state index contributed by atoms with van der Waals surface area (Å²) in [5.74, 6) is 1.34. The van der Waals surface area contributed by atoms with Crippen LogP contribution in [0, 0.1) is 5.92 Å². The molecule has 110 valence electrons. The molecule has 2 heteroatoms. The van der Waals surface area contributed by atoms with Gasteiger partial charge in [0.25, 0.3) is 0 Å². The number of rotatable bonds is 4. The molecule has 1 aliphatic rings. The molecule has 0 aliphatic heterocycles. The lowest BCUT2D eigenvalue weighted by Gasteiger charge is -2.35. The Morgan fingerprint density at radius 2 is 1.57 bits per heavy atom. The summed E-state index contributed by atoms with van der Waals surface area (Å²) >= 11 is 2.02. The lowest BCUT2D eigenvalue weighted by Crippen LogP contribution is -2.31. The van der Waals surface area contributed by atoms with Crippen LogP contribution < -0.4 is 5.73 Å². The third-order valence-electron chi connectivity index (χ3n) is 4.53. The number of thioether (sulfide) groups is 1. The van der Waals surface area contributed by atoms with Gasteiger partial charge >= 0.3 is 0 Å². The predicted molar refractivity (Wildman–Crippen MR) is 91.7 cm³/mol. The van der Waals surface area contributed by atoms with Crippen LogP contribution in [0.3, 0.4) is 0 Å². The quantitative estimate of drug-likeness (QED) is 0.886. The molecule has 1 fully saturated rings. The van der Waals surface area contributed by atoms with Crippen LogP contribution in [0.15, 0.2) is 65.6 Å². The molecule has 0 radical (unpaired) electrons. The van der Waals surface area contributed by atoms with E-state index in [0.29, 0.717) is 17.1 Å². The fraction of sp³-hybridized carbons (Fsp3) is 0.368. The van der Waals surface area contributed by atoms with Gasteiger partial charge in [0, 0.05) is 10.1 Å². The van der Waals surface area contributed by atoms with Crippen molar-refractivity contribution >= 4 is 11.8 Å². The van der Waals surface area contributed by atoms with Crippen LogP contribution in [0.4, 0.5) is 0 Å². The second kappa shape index (κ2) is 7.15. The van der Waals surface area contributed by atoms with E-state index in [1.165, 1.54) is 29.7 Å². The summed E-state index contributed by atoms with van der Waals surface area (Å²) in [6.07, 6.45) is 3.77. The topological polar surface area (TPSA) is 26.0 Å². The van der Waals surface area contributed by atoms with E-state index >= 15 is 0 Å². The van der Waals surface area contributed by atoms with E-state index in [1.807, 2.05) is 11.8 Å². The molecule has 3 unspecified atom stereocenters. The first kappa shape index (κ1) is 14.7. The number of hydrogen-bond acceptors (Lipinski definition) is 2. The van der Waals surface area contributed by atoms with E-state index < -0.39 is 0 Å². The van der Waals surface area contributed by atoms with E-state index in [1.54, 1.807) is 0 Å². The first-order valence-corrected chi connectivity index (χ1v) is 8.71. The lowest BCUT2D eigenvalue weighted by molar-refractivity contribution is 0.344. The average Bonchev–Trinajstić information content (AvgIpc) is 2.56. The SMILES string of the molecule is NCC1CCC(c2ccccc2)CC1Sc1ccccc1. The Kier molecular flexibility index (Phi) is 5.00. The van der Waals surface area contributed by atoms with Crippen LogP contribution in [0.2, 0.25) is 0 Å². The second-order valence-electron chi connectivity index (χ2n) is 5.89. The van der Waals surface area contributed by atoms with Crippen molar-refractivity contribution in [3.05, 3.63) is 66.2 Å². The average molecular weight is 297 g/mol. The minimum Gasteiger partial charge on any atom is -0.330 e. The van der Waals surface area contributed by atoms with Crippen molar-refractivity contribution in [1.82, 2.24) is 0 Å². The van der Waals surface area contributed by atoms with E-state index in [2.05, 4.69) is 60.7 Å². The highest BCUT2D eigenvalue weighted by Gasteiger charge is 2.30. The summed E-state index contributed by atoms with van der Waals surface area (Å²) < 4.78 is 0. The Labute approximate surface area is 132 Å². The van der Waals surface area contributed by atoms with Crippen LogP contribution in [0.5, 0.6) is 0 Å². The van der Waals surface area contributed by atoms with Crippen LogP contribution in [0.1, 0.15) is 30.7 Å². The molecular formula is C19H23NS. The molecule has 0 heterocycles. The van der Waals surface area contributed by atoms with E-state index in [9.17, 15) is 0 Å². The molecule has 2 aromatic carbocycles. The maximum absolute atomic E-state index is 6.02. The fourth-order valence-electron chi connectivity index (χ4n) is 3.31. The largest absolute Gasteiger partial charge is 0.330 e. The van der Waals surface area contributed by atoms with E-state index in [0.717, 1.165) is 6.54 Å². The van der Waals surface area contributed by atoms with Crippen molar-refractivity contribution in [2.45, 2.75) is 35.3 Å². The highest BCUT2D eigenvalue weighted by Crippen LogP contribution is 2.43. The van der Waals surface area contributed by atoms with Crippen LogP contribution >= 0.6 is 11.8 Å². The molecule has 0 saturated heterocycles. The second-order valence-corrected chi connectivity index (χ2v) is 7.20. The van der Waals surface area contributed by atoms with Crippen molar-refractivity contribution in [2.24, 2.45) is 11.7 Å². The van der Waals surface area contributed by atoms with Crippen LogP contribution in [-0.2, 0) is 0 Å². The molecule has 2 aromatic rings. The number of benzene rings is 2. The Bertz CT molecular complexity index is 540. The lowest BCUT2D eigenvalue weighted by atomic mass is 9.78. The maximum Gasteiger partial charge on any atom is 0.0140 e. The van der Waals surface area contributed by atoms with E-state index in [4.69, 9.17) is 5.73 Å². The Balaban J connectivity index is 1.73. The van der Waals surface area contributed by atoms with Crippen molar-refractivity contribution in [3.8, 4) is 0 Å². The Morgan fingerprint density at radius 3 is 2.24 bits per heavy atom. The van der Waals surface area contributed by atoms with Crippen LogP contribution in [0.25, 0.3) is 0 Å². The fourth-order valence-corrected chi connectivity index (χ4v) is 4.74. The van der Waals surface area contributed by atoms with Crippen molar-refractivity contribution in [3.63, 3.8) is 0 Å². The normalized spacial score (nSPS) is 25.7. The molecule has 0 aromatic heterocycles. The Hall–Kier alpha value is -1.25. The van der Waals surface area contributed by atoms with Gasteiger partial charge in [0.15, 0.2) is 0 Å². The molecule has 3 rings (SSSR count). The molecule has 21 heavy (non-hydrogen) atoms. The summed E-state index contributed by atoms with van der Waals surface area (Å²) in [6.45, 7) is 0.812. The monoisotopic (exact) mass is 297 g/mol. The molecule has 0 spiro atoms. The Morgan fingerprint density at radius 1 is 0.905 bits per heavy atom. The summed E-state index contributed by atoms with van der Waals surface area (Å²) in [5, 5.41) is 0.636. The third kappa shape index (κ3) is 3.69. The van der Waals surface area contributed by atoms with Gasteiger partial charge in [-0.2, -0.15) is 0 Å². The molecule has 2 N–H and O–H groups in total. The van der Waals surface area contributed by atoms with Gasteiger partial charge in [0.2, 0.25) is 0 Å². The molecule has 1 nitrogen and oxygen atoms in total. The number of nitrogens with two attached hydrogens (primary N) is 1. The summed E-state index contributed by atoms with van der Waals surface area (Å²) in [7, 11) is 0. The van der Waals surface area contributed by atoms with Crippen molar-refractivity contribution in [1.29, 1.82) is 0 Å². The molecule has 1 aliphatic carbocycles. The standard InChI is InChI=1S/C19H23NS/c20-14-17-12-11-16(15-7-3-1-4-8-15)13-19(17)21-18-9-5-2-6-10-18/h1-10,16-17,19H,11-14,20H2. The molecular weight excluding hydrogens is 274 g/mol. The van der Waals surface area contributed by atoms with Crippen molar-refractivity contribution < 1.29 is 0 Å². The van der Waals surface area contributed by atoms with Gasteiger partial charge in [-0.3, -0.25) is 0 Å². The minimum atomic E-state index is 0.636. The highest BCUT2D eigenvalue weighted by atomic mass is 32.2. The molecule has 1 saturated carbocycles. The summed E-state index contributed by atoms with van der Waals surface area (Å²) in [4.78, 5) is 1.37. The first-order valence-electron chi connectivity index (χ1n) is 7.83. The van der Waals surface area contributed by atoms with Crippen molar-refractivity contribution in [2.75, 3.05) is 6.54 Å². The summed E-state index contributed by atoms with van der Waals surface area (Å²) in [5.41, 5.74) is 7.51. The predicted octanol–water partition coefficient (Wildman–Crippen LogP) is 4.69. The van der Waals surface area contributed by atoms with Gasteiger partial charge < -0.3 is 5.73 Å². The zero-order valence-electron chi connectivity index (χ0n) is 12.3. The zero-order valence-corrected chi connectivity index (χ0v) is 13.1. The van der Waals surface area contributed by atoms with Gasteiger partial charge in [-0.15, -0.1) is 11.8 Å². The first-order chi connectivity index (χ1) is 10.4. The van der Waals surface area contributed by atoms with Crippen LogP contribution in [-0.4, -0.2) is 11.8 Å². The molecule has 0 amide bonds. The third-order valence-corrected chi connectivity index (χ3v) is 5.96. The van der Waals surface area contributed by atoms with Gasteiger partial charge in [-0.25, -0.2) is 0 Å².